The number of amides is 1. The van der Waals surface area contributed by atoms with Crippen LogP contribution in [0.1, 0.15) is 79.4 Å². The van der Waals surface area contributed by atoms with Gasteiger partial charge in [0.1, 0.15) is 22.8 Å². The Bertz CT molecular complexity index is 1200. The average Bonchev–Trinajstić information content (AvgIpc) is 3.30. The monoisotopic (exact) mass is 559 g/mol. The maximum atomic E-state index is 15.2. The van der Waals surface area contributed by atoms with Crippen LogP contribution < -0.4 is 15.5 Å². The second-order valence-corrected chi connectivity index (χ2v) is 13.0. The Morgan fingerprint density at radius 3 is 2.36 bits per heavy atom. The van der Waals surface area contributed by atoms with Crippen LogP contribution in [0.5, 0.6) is 5.75 Å². The van der Waals surface area contributed by atoms with Gasteiger partial charge < -0.3 is 24.1 Å². The van der Waals surface area contributed by atoms with Gasteiger partial charge in [-0.3, -0.25) is 0 Å². The maximum Gasteiger partial charge on any atom is 0.496 e. The molecule has 1 amide bonds. The van der Waals surface area contributed by atoms with Crippen molar-refractivity contribution in [2.75, 3.05) is 6.54 Å². The van der Waals surface area contributed by atoms with E-state index in [1.54, 1.807) is 0 Å². The molecule has 1 fully saturated rings. The highest BCUT2D eigenvalue weighted by Crippen LogP contribution is 2.49. The second kappa shape index (κ2) is 10.6. The SMILES string of the molecule is C[C@@H](CCCNC(=O)OC(C)(C)C)[C@@]1(c2ccccc2)Cc2c(cc(F)c(Cl)c2B2OC(C)(C)C(C)(C)O2)O1. The van der Waals surface area contributed by atoms with E-state index in [0.717, 1.165) is 17.5 Å². The summed E-state index contributed by atoms with van der Waals surface area (Å²) in [6.45, 7) is 15.9. The number of nitrogens with one attached hydrogen (secondary N) is 1. The predicted octanol–water partition coefficient (Wildman–Crippen LogP) is 6.55. The number of benzene rings is 2. The zero-order valence-corrected chi connectivity index (χ0v) is 25.0. The van der Waals surface area contributed by atoms with Crippen molar-refractivity contribution in [2.24, 2.45) is 5.92 Å². The van der Waals surface area contributed by atoms with E-state index in [-0.39, 0.29) is 10.9 Å². The number of ether oxygens (including phenoxy) is 2. The first-order valence-corrected chi connectivity index (χ1v) is 14.0. The minimum atomic E-state index is -0.824. The molecule has 9 heteroatoms. The van der Waals surface area contributed by atoms with Crippen molar-refractivity contribution < 1.29 is 28.0 Å². The number of rotatable bonds is 7. The number of halogens is 2. The summed E-state index contributed by atoms with van der Waals surface area (Å²) < 4.78 is 39.8. The largest absolute Gasteiger partial charge is 0.496 e. The molecule has 0 unspecified atom stereocenters. The molecule has 6 nitrogen and oxygen atoms in total. The van der Waals surface area contributed by atoms with Crippen molar-refractivity contribution >= 4 is 30.3 Å². The first-order valence-electron chi connectivity index (χ1n) is 13.6. The molecule has 0 aliphatic carbocycles. The predicted molar refractivity (Wildman–Crippen MR) is 152 cm³/mol. The number of alkyl carbamates (subject to hydrolysis) is 1. The zero-order chi connectivity index (χ0) is 28.8. The molecule has 39 heavy (non-hydrogen) atoms. The van der Waals surface area contributed by atoms with Crippen LogP contribution in [-0.2, 0) is 26.1 Å². The smallest absolute Gasteiger partial charge is 0.482 e. The lowest BCUT2D eigenvalue weighted by molar-refractivity contribution is 0.00578. The van der Waals surface area contributed by atoms with E-state index in [2.05, 4.69) is 12.2 Å². The fourth-order valence-corrected chi connectivity index (χ4v) is 5.48. The molecule has 2 heterocycles. The van der Waals surface area contributed by atoms with Crippen molar-refractivity contribution in [2.45, 2.75) is 97.1 Å². The Kier molecular flexibility index (Phi) is 8.07. The van der Waals surface area contributed by atoms with Crippen LogP contribution in [0.2, 0.25) is 5.02 Å². The summed E-state index contributed by atoms with van der Waals surface area (Å²) in [5, 5.41) is 2.82. The number of carbonyl (C=O) groups excluding carboxylic acids is 1. The molecule has 2 aliphatic heterocycles. The van der Waals surface area contributed by atoms with Gasteiger partial charge >= 0.3 is 13.2 Å². The van der Waals surface area contributed by atoms with Crippen molar-refractivity contribution in [3.05, 3.63) is 58.4 Å². The van der Waals surface area contributed by atoms with E-state index in [0.29, 0.717) is 30.6 Å². The van der Waals surface area contributed by atoms with Crippen LogP contribution >= 0.6 is 11.6 Å². The first-order chi connectivity index (χ1) is 18.1. The van der Waals surface area contributed by atoms with E-state index in [9.17, 15) is 4.79 Å². The van der Waals surface area contributed by atoms with Crippen LogP contribution in [0.15, 0.2) is 36.4 Å². The van der Waals surface area contributed by atoms with Crippen molar-refractivity contribution in [3.63, 3.8) is 0 Å². The average molecular weight is 560 g/mol. The van der Waals surface area contributed by atoms with Gasteiger partial charge in [-0.1, -0.05) is 48.9 Å². The third-order valence-electron chi connectivity index (χ3n) is 8.09. The topological polar surface area (TPSA) is 66.0 Å². The molecule has 2 aromatic rings. The third-order valence-corrected chi connectivity index (χ3v) is 8.47. The van der Waals surface area contributed by atoms with E-state index in [1.807, 2.05) is 78.8 Å². The molecule has 0 aromatic heterocycles. The van der Waals surface area contributed by atoms with Crippen molar-refractivity contribution in [1.82, 2.24) is 5.32 Å². The maximum absolute atomic E-state index is 15.2. The Labute approximate surface area is 237 Å². The van der Waals surface area contributed by atoms with Gasteiger partial charge in [-0.05, 0) is 66.9 Å². The lowest BCUT2D eigenvalue weighted by atomic mass is 9.71. The summed E-state index contributed by atoms with van der Waals surface area (Å²) in [4.78, 5) is 12.1. The number of fused-ring (bicyclic) bond motifs is 1. The molecule has 0 bridgehead atoms. The van der Waals surface area contributed by atoms with Gasteiger partial charge in [-0.25, -0.2) is 9.18 Å². The minimum Gasteiger partial charge on any atom is -0.482 e. The summed E-state index contributed by atoms with van der Waals surface area (Å²) in [7, 11) is -0.824. The number of hydrogen-bond donors (Lipinski definition) is 1. The van der Waals surface area contributed by atoms with Gasteiger partial charge in [0, 0.05) is 36.0 Å². The summed E-state index contributed by atoms with van der Waals surface area (Å²) in [5.41, 5.74) is -0.251. The number of carbonyl (C=O) groups is 1. The summed E-state index contributed by atoms with van der Waals surface area (Å²) in [6, 6.07) is 11.3. The van der Waals surface area contributed by atoms with Crippen LogP contribution in [0.4, 0.5) is 9.18 Å². The van der Waals surface area contributed by atoms with Crippen LogP contribution in [0.3, 0.4) is 0 Å². The Morgan fingerprint density at radius 1 is 1.15 bits per heavy atom. The Hall–Kier alpha value is -2.29. The van der Waals surface area contributed by atoms with Crippen LogP contribution in [0.25, 0.3) is 0 Å². The highest BCUT2D eigenvalue weighted by atomic mass is 35.5. The van der Waals surface area contributed by atoms with E-state index < -0.39 is 41.4 Å². The van der Waals surface area contributed by atoms with Gasteiger partial charge in [0.2, 0.25) is 0 Å². The molecule has 2 aliphatic rings. The Morgan fingerprint density at radius 2 is 1.77 bits per heavy atom. The third kappa shape index (κ3) is 5.93. The molecule has 1 N–H and O–H groups in total. The second-order valence-electron chi connectivity index (χ2n) is 12.7. The molecule has 1 saturated heterocycles. The molecule has 0 saturated carbocycles. The number of hydrogen-bond acceptors (Lipinski definition) is 5. The minimum absolute atomic E-state index is 0.00562. The fraction of sp³-hybridized carbons (Fsp3) is 0.567. The molecule has 0 radical (unpaired) electrons. The van der Waals surface area contributed by atoms with E-state index in [1.165, 1.54) is 6.07 Å². The van der Waals surface area contributed by atoms with Crippen LogP contribution in [0, 0.1) is 11.7 Å². The van der Waals surface area contributed by atoms with E-state index >= 15 is 4.39 Å². The molecule has 4 rings (SSSR count). The first kappa shape index (κ1) is 29.7. The molecular formula is C30H40BClFNO5. The molecule has 2 aromatic carbocycles. The zero-order valence-electron chi connectivity index (χ0n) is 24.2. The van der Waals surface area contributed by atoms with Gasteiger partial charge in [0.15, 0.2) is 0 Å². The lowest BCUT2D eigenvalue weighted by Gasteiger charge is -2.36. The van der Waals surface area contributed by atoms with E-state index in [4.69, 9.17) is 30.4 Å². The summed E-state index contributed by atoms with van der Waals surface area (Å²) >= 11 is 6.60. The van der Waals surface area contributed by atoms with Gasteiger partial charge in [0.05, 0.1) is 16.2 Å². The highest BCUT2D eigenvalue weighted by Gasteiger charge is 2.55. The summed E-state index contributed by atoms with van der Waals surface area (Å²) in [6.07, 6.45) is 1.51. The van der Waals surface area contributed by atoms with Crippen molar-refractivity contribution in [3.8, 4) is 5.75 Å². The standard InChI is InChI=1S/C30H40BClFNO5/c1-19(13-12-16-34-26(35)37-27(2,3)4)30(20-14-10-9-11-15-20)18-21-23(36-30)17-22(33)25(32)24(21)31-38-28(5,6)29(7,8)39-31/h9-11,14-15,17,19H,12-13,16,18H2,1-8H3,(H,34,35)/t19-,30+/m0/s1. The molecule has 212 valence electrons. The van der Waals surface area contributed by atoms with Gasteiger partial charge in [-0.15, -0.1) is 0 Å². The lowest BCUT2D eigenvalue weighted by Crippen LogP contribution is -2.41. The molecule has 2 atom stereocenters. The normalized spacial score (nSPS) is 22.3. The molecular weight excluding hydrogens is 520 g/mol. The molecule has 0 spiro atoms. The summed E-state index contributed by atoms with van der Waals surface area (Å²) in [5.74, 6) is -0.108. The quantitative estimate of drug-likeness (QED) is 0.308. The Balaban J connectivity index is 1.62. The van der Waals surface area contributed by atoms with Gasteiger partial charge in [-0.2, -0.15) is 0 Å². The van der Waals surface area contributed by atoms with Crippen LogP contribution in [-0.4, -0.2) is 36.6 Å². The van der Waals surface area contributed by atoms with Crippen molar-refractivity contribution in [1.29, 1.82) is 0 Å². The fourth-order valence-electron chi connectivity index (χ4n) is 5.22. The van der Waals surface area contributed by atoms with Gasteiger partial charge in [0.25, 0.3) is 0 Å². The highest BCUT2D eigenvalue weighted by molar-refractivity contribution is 6.66.